The molecular weight excluding hydrogens is 248 g/mol. The van der Waals surface area contributed by atoms with E-state index in [0.29, 0.717) is 5.69 Å². The largest absolute Gasteiger partial charge is 0.480 e. The summed E-state index contributed by atoms with van der Waals surface area (Å²) in [5, 5.41) is 19.8. The van der Waals surface area contributed by atoms with Gasteiger partial charge in [-0.3, -0.25) is 4.79 Å². The Labute approximate surface area is 111 Å². The molecule has 0 fully saturated rings. The summed E-state index contributed by atoms with van der Waals surface area (Å²) in [6.07, 6.45) is 0.147. The second-order valence-corrected chi connectivity index (χ2v) is 4.41. The first-order chi connectivity index (χ1) is 8.93. The number of amides is 1. The molecule has 104 valence electrons. The molecular formula is C13H18N2O4. The number of aliphatic hydroxyl groups is 1. The predicted octanol–water partition coefficient (Wildman–Crippen LogP) is 0.324. The molecule has 0 saturated carbocycles. The lowest BCUT2D eigenvalue weighted by atomic mass is 9.97. The Morgan fingerprint density at radius 2 is 1.89 bits per heavy atom. The van der Waals surface area contributed by atoms with Gasteiger partial charge in [-0.15, -0.1) is 0 Å². The Morgan fingerprint density at radius 1 is 1.32 bits per heavy atom. The third kappa shape index (κ3) is 4.59. The molecule has 0 aliphatic heterocycles. The number of benzene rings is 1. The van der Waals surface area contributed by atoms with Gasteiger partial charge in [0.2, 0.25) is 5.91 Å². The number of rotatable bonds is 6. The highest BCUT2D eigenvalue weighted by atomic mass is 16.4. The van der Waals surface area contributed by atoms with Crippen LogP contribution >= 0.6 is 0 Å². The second kappa shape index (κ2) is 6.75. The number of carbonyl (C=O) groups is 2. The van der Waals surface area contributed by atoms with Gasteiger partial charge in [0.15, 0.2) is 0 Å². The van der Waals surface area contributed by atoms with Gasteiger partial charge in [-0.2, -0.15) is 0 Å². The molecule has 0 aliphatic carbocycles. The Hall–Kier alpha value is -2.08. The molecule has 2 atom stereocenters. The van der Waals surface area contributed by atoms with E-state index >= 15 is 0 Å². The van der Waals surface area contributed by atoms with Gasteiger partial charge in [0, 0.05) is 12.1 Å². The van der Waals surface area contributed by atoms with E-state index in [2.05, 4.69) is 5.32 Å². The lowest BCUT2D eigenvalue weighted by Crippen LogP contribution is -2.43. The molecule has 19 heavy (non-hydrogen) atoms. The zero-order valence-electron chi connectivity index (χ0n) is 10.7. The van der Waals surface area contributed by atoms with Gasteiger partial charge in [-0.25, -0.2) is 4.79 Å². The van der Waals surface area contributed by atoms with E-state index in [9.17, 15) is 9.59 Å². The highest BCUT2D eigenvalue weighted by Crippen LogP contribution is 2.19. The van der Waals surface area contributed by atoms with Gasteiger partial charge in [0.25, 0.3) is 0 Å². The molecule has 6 nitrogen and oxygen atoms in total. The van der Waals surface area contributed by atoms with Gasteiger partial charge in [0.05, 0.1) is 6.61 Å². The molecule has 1 aromatic rings. The van der Waals surface area contributed by atoms with Gasteiger partial charge in [0.1, 0.15) is 6.04 Å². The standard InChI is InChI=1S/C13H18N2O4/c1-8(9-2-4-10(14)5-3-9)6-12(17)15-11(7-16)13(18)19/h2-5,8,11,16H,6-7,14H2,1H3,(H,15,17)(H,18,19)/t8?,11-/m0/s1. The minimum Gasteiger partial charge on any atom is -0.480 e. The topological polar surface area (TPSA) is 113 Å². The Bertz CT molecular complexity index is 444. The molecule has 1 rings (SSSR count). The van der Waals surface area contributed by atoms with Crippen LogP contribution in [0.15, 0.2) is 24.3 Å². The summed E-state index contributed by atoms with van der Waals surface area (Å²) in [5.74, 6) is -1.73. The molecule has 0 heterocycles. The molecule has 6 heteroatoms. The Kier molecular flexibility index (Phi) is 5.32. The first-order valence-corrected chi connectivity index (χ1v) is 5.92. The fourth-order valence-electron chi connectivity index (χ4n) is 1.66. The highest BCUT2D eigenvalue weighted by molar-refractivity contribution is 5.84. The first kappa shape index (κ1) is 15.0. The average Bonchev–Trinajstić information content (AvgIpc) is 2.36. The minimum absolute atomic E-state index is 0.0614. The first-order valence-electron chi connectivity index (χ1n) is 5.92. The van der Waals surface area contributed by atoms with Crippen LogP contribution in [-0.4, -0.2) is 34.7 Å². The molecule has 1 amide bonds. The fourth-order valence-corrected chi connectivity index (χ4v) is 1.66. The maximum Gasteiger partial charge on any atom is 0.328 e. The van der Waals surface area contributed by atoms with E-state index < -0.39 is 24.5 Å². The number of anilines is 1. The number of nitrogen functional groups attached to an aromatic ring is 1. The van der Waals surface area contributed by atoms with Crippen LogP contribution in [0.4, 0.5) is 5.69 Å². The van der Waals surface area contributed by atoms with Crippen molar-refractivity contribution in [1.82, 2.24) is 5.32 Å². The van der Waals surface area contributed by atoms with E-state index in [1.807, 2.05) is 19.1 Å². The monoisotopic (exact) mass is 266 g/mol. The van der Waals surface area contributed by atoms with Crippen LogP contribution in [0.5, 0.6) is 0 Å². The molecule has 0 aromatic heterocycles. The number of nitrogens with two attached hydrogens (primary N) is 1. The van der Waals surface area contributed by atoms with Crippen molar-refractivity contribution in [3.63, 3.8) is 0 Å². The van der Waals surface area contributed by atoms with E-state index in [1.165, 1.54) is 0 Å². The van der Waals surface area contributed by atoms with Crippen LogP contribution in [-0.2, 0) is 9.59 Å². The summed E-state index contributed by atoms with van der Waals surface area (Å²) < 4.78 is 0. The third-order valence-electron chi connectivity index (χ3n) is 2.81. The molecule has 0 bridgehead atoms. The molecule has 0 aliphatic rings. The molecule has 5 N–H and O–H groups in total. The van der Waals surface area contributed by atoms with Gasteiger partial charge in [-0.1, -0.05) is 19.1 Å². The normalized spacial score (nSPS) is 13.6. The molecule has 0 radical (unpaired) electrons. The summed E-state index contributed by atoms with van der Waals surface area (Å²) in [6.45, 7) is 1.23. The number of aliphatic hydroxyl groups excluding tert-OH is 1. The zero-order valence-corrected chi connectivity index (χ0v) is 10.7. The van der Waals surface area contributed by atoms with Crippen molar-refractivity contribution in [2.75, 3.05) is 12.3 Å². The number of nitrogens with one attached hydrogen (secondary N) is 1. The lowest BCUT2D eigenvalue weighted by molar-refractivity contribution is -0.143. The van der Waals surface area contributed by atoms with Crippen molar-refractivity contribution in [3.8, 4) is 0 Å². The van der Waals surface area contributed by atoms with Crippen LogP contribution in [0.1, 0.15) is 24.8 Å². The minimum atomic E-state index is -1.26. The van der Waals surface area contributed by atoms with Crippen molar-refractivity contribution in [2.24, 2.45) is 0 Å². The van der Waals surface area contributed by atoms with Crippen LogP contribution < -0.4 is 11.1 Å². The second-order valence-electron chi connectivity index (χ2n) is 4.41. The maximum absolute atomic E-state index is 11.7. The summed E-state index contributed by atoms with van der Waals surface area (Å²) in [6, 6.07) is 5.89. The van der Waals surface area contributed by atoms with Crippen molar-refractivity contribution in [1.29, 1.82) is 0 Å². The average molecular weight is 266 g/mol. The number of aliphatic carboxylic acids is 1. The number of carboxylic acid groups (broad SMARTS) is 1. The number of carbonyl (C=O) groups excluding carboxylic acids is 1. The third-order valence-corrected chi connectivity index (χ3v) is 2.81. The lowest BCUT2D eigenvalue weighted by Gasteiger charge is -2.15. The van der Waals surface area contributed by atoms with Crippen LogP contribution in [0.25, 0.3) is 0 Å². The summed E-state index contributed by atoms with van der Waals surface area (Å²) in [5.41, 5.74) is 7.16. The summed E-state index contributed by atoms with van der Waals surface area (Å²) >= 11 is 0. The van der Waals surface area contributed by atoms with Crippen molar-refractivity contribution in [2.45, 2.75) is 25.3 Å². The van der Waals surface area contributed by atoms with E-state index in [-0.39, 0.29) is 12.3 Å². The van der Waals surface area contributed by atoms with Crippen molar-refractivity contribution < 1.29 is 19.8 Å². The van der Waals surface area contributed by atoms with Crippen molar-refractivity contribution >= 4 is 17.6 Å². The smallest absolute Gasteiger partial charge is 0.328 e. The van der Waals surface area contributed by atoms with Gasteiger partial charge < -0.3 is 21.3 Å². The summed E-state index contributed by atoms with van der Waals surface area (Å²) in [4.78, 5) is 22.3. The summed E-state index contributed by atoms with van der Waals surface area (Å²) in [7, 11) is 0. The quantitative estimate of drug-likeness (QED) is 0.554. The predicted molar refractivity (Wildman–Crippen MR) is 70.5 cm³/mol. The van der Waals surface area contributed by atoms with E-state index in [1.54, 1.807) is 12.1 Å². The molecule has 0 saturated heterocycles. The van der Waals surface area contributed by atoms with Crippen LogP contribution in [0.2, 0.25) is 0 Å². The Morgan fingerprint density at radius 3 is 2.37 bits per heavy atom. The van der Waals surface area contributed by atoms with E-state index in [4.69, 9.17) is 15.9 Å². The highest BCUT2D eigenvalue weighted by Gasteiger charge is 2.20. The van der Waals surface area contributed by atoms with E-state index in [0.717, 1.165) is 5.56 Å². The number of hydrogen-bond donors (Lipinski definition) is 4. The van der Waals surface area contributed by atoms with Gasteiger partial charge >= 0.3 is 5.97 Å². The van der Waals surface area contributed by atoms with Crippen LogP contribution in [0.3, 0.4) is 0 Å². The fraction of sp³-hybridized carbons (Fsp3) is 0.385. The van der Waals surface area contributed by atoms with Gasteiger partial charge in [-0.05, 0) is 23.6 Å². The molecule has 1 aromatic carbocycles. The zero-order chi connectivity index (χ0) is 14.4. The van der Waals surface area contributed by atoms with Crippen LogP contribution in [0, 0.1) is 0 Å². The maximum atomic E-state index is 11.7. The molecule has 1 unspecified atom stereocenters. The Balaban J connectivity index is 2.56. The molecule has 0 spiro atoms. The SMILES string of the molecule is CC(CC(=O)N[C@@H](CO)C(=O)O)c1ccc(N)cc1. The number of hydrogen-bond acceptors (Lipinski definition) is 4. The number of carboxylic acids is 1. The van der Waals surface area contributed by atoms with Crippen molar-refractivity contribution in [3.05, 3.63) is 29.8 Å².